The first kappa shape index (κ1) is 18.5. The van der Waals surface area contributed by atoms with Crippen LogP contribution in [-0.2, 0) is 16.1 Å². The van der Waals surface area contributed by atoms with Crippen LogP contribution in [0.5, 0.6) is 0 Å². The van der Waals surface area contributed by atoms with Crippen molar-refractivity contribution in [2.45, 2.75) is 20.0 Å². The van der Waals surface area contributed by atoms with E-state index in [1.807, 2.05) is 31.2 Å². The van der Waals surface area contributed by atoms with Crippen molar-refractivity contribution >= 4 is 17.6 Å². The zero-order valence-corrected chi connectivity index (χ0v) is 14.2. The lowest BCUT2D eigenvalue weighted by Crippen LogP contribution is -2.39. The van der Waals surface area contributed by atoms with Crippen molar-refractivity contribution in [2.75, 3.05) is 25.0 Å². The molecular weight excluding hydrogens is 322 g/mol. The van der Waals surface area contributed by atoms with E-state index in [1.54, 1.807) is 18.4 Å². The first-order valence-electron chi connectivity index (χ1n) is 8.12. The minimum Gasteiger partial charge on any atom is -0.467 e. The third-order valence-electron chi connectivity index (χ3n) is 3.30. The van der Waals surface area contributed by atoms with Crippen LogP contribution in [0.1, 0.15) is 17.7 Å². The lowest BCUT2D eigenvalue weighted by molar-refractivity contribution is -0.120. The van der Waals surface area contributed by atoms with E-state index in [9.17, 15) is 9.59 Å². The number of urea groups is 1. The predicted molar refractivity (Wildman–Crippen MR) is 94.2 cm³/mol. The van der Waals surface area contributed by atoms with E-state index in [4.69, 9.17) is 9.15 Å². The monoisotopic (exact) mass is 345 g/mol. The largest absolute Gasteiger partial charge is 0.467 e. The molecule has 1 aromatic carbocycles. The summed E-state index contributed by atoms with van der Waals surface area (Å²) in [4.78, 5) is 23.4. The molecule has 0 saturated heterocycles. The van der Waals surface area contributed by atoms with E-state index >= 15 is 0 Å². The number of carbonyl (C=O) groups excluding carboxylic acids is 2. The Morgan fingerprint density at radius 2 is 2.04 bits per heavy atom. The van der Waals surface area contributed by atoms with Crippen LogP contribution in [0.2, 0.25) is 0 Å². The van der Waals surface area contributed by atoms with Gasteiger partial charge >= 0.3 is 6.03 Å². The van der Waals surface area contributed by atoms with Crippen molar-refractivity contribution < 1.29 is 18.7 Å². The average molecular weight is 345 g/mol. The summed E-state index contributed by atoms with van der Waals surface area (Å²) in [6, 6.07) is 10.7. The van der Waals surface area contributed by atoms with Gasteiger partial charge in [0.25, 0.3) is 0 Å². The summed E-state index contributed by atoms with van der Waals surface area (Å²) in [6.45, 7) is 3.28. The van der Waals surface area contributed by atoms with Gasteiger partial charge in [0, 0.05) is 18.8 Å². The first-order valence-corrected chi connectivity index (χ1v) is 8.12. The van der Waals surface area contributed by atoms with Crippen LogP contribution in [0.3, 0.4) is 0 Å². The molecule has 2 rings (SSSR count). The molecule has 0 radical (unpaired) electrons. The number of hydrogen-bond acceptors (Lipinski definition) is 4. The third-order valence-corrected chi connectivity index (χ3v) is 3.30. The van der Waals surface area contributed by atoms with Gasteiger partial charge in [-0.3, -0.25) is 4.79 Å². The fourth-order valence-corrected chi connectivity index (χ4v) is 2.09. The molecule has 0 saturated carbocycles. The van der Waals surface area contributed by atoms with Crippen LogP contribution in [0, 0.1) is 6.92 Å². The molecule has 0 bridgehead atoms. The second-order valence-electron chi connectivity index (χ2n) is 5.51. The Kier molecular flexibility index (Phi) is 7.52. The van der Waals surface area contributed by atoms with Crippen molar-refractivity contribution in [1.29, 1.82) is 0 Å². The molecule has 2 aromatic rings. The molecule has 7 nitrogen and oxygen atoms in total. The van der Waals surface area contributed by atoms with Crippen molar-refractivity contribution in [1.82, 2.24) is 10.6 Å². The van der Waals surface area contributed by atoms with Crippen LogP contribution in [0.4, 0.5) is 10.5 Å². The fraction of sp³-hybridized carbons (Fsp3) is 0.333. The van der Waals surface area contributed by atoms with E-state index < -0.39 is 6.03 Å². The van der Waals surface area contributed by atoms with Crippen molar-refractivity contribution in [3.63, 3.8) is 0 Å². The van der Waals surface area contributed by atoms with Crippen LogP contribution >= 0.6 is 0 Å². The summed E-state index contributed by atoms with van der Waals surface area (Å²) >= 11 is 0. The standard InChI is InChI=1S/C18H23N3O4/c1-14-5-2-6-15(11-14)21-18(23)20-12-17(22)19-8-4-9-24-13-16-7-3-10-25-16/h2-3,5-7,10-11H,4,8-9,12-13H2,1H3,(H,19,22)(H2,20,21,23). The Morgan fingerprint density at radius 1 is 1.16 bits per heavy atom. The smallest absolute Gasteiger partial charge is 0.319 e. The maximum Gasteiger partial charge on any atom is 0.319 e. The molecule has 0 fully saturated rings. The molecule has 1 aromatic heterocycles. The molecule has 0 aliphatic heterocycles. The minimum absolute atomic E-state index is 0.0785. The summed E-state index contributed by atoms with van der Waals surface area (Å²) in [5.74, 6) is 0.526. The number of amides is 3. The molecular formula is C18H23N3O4. The van der Waals surface area contributed by atoms with Gasteiger partial charge in [-0.25, -0.2) is 4.79 Å². The maximum atomic E-state index is 11.7. The zero-order chi connectivity index (χ0) is 17.9. The molecule has 3 amide bonds. The third kappa shape index (κ3) is 7.54. The summed E-state index contributed by atoms with van der Waals surface area (Å²) in [7, 11) is 0. The number of aryl methyl sites for hydroxylation is 1. The first-order chi connectivity index (χ1) is 12.1. The number of carbonyl (C=O) groups is 2. The van der Waals surface area contributed by atoms with Crippen LogP contribution in [-0.4, -0.2) is 31.6 Å². The summed E-state index contributed by atoms with van der Waals surface area (Å²) < 4.78 is 10.6. The predicted octanol–water partition coefficient (Wildman–Crippen LogP) is 2.43. The van der Waals surface area contributed by atoms with Gasteiger partial charge in [0.1, 0.15) is 12.4 Å². The second kappa shape index (κ2) is 10.1. The van der Waals surface area contributed by atoms with Crippen molar-refractivity contribution in [3.8, 4) is 0 Å². The van der Waals surface area contributed by atoms with Crippen molar-refractivity contribution in [2.24, 2.45) is 0 Å². The molecule has 0 spiro atoms. The molecule has 0 atom stereocenters. The van der Waals surface area contributed by atoms with E-state index in [-0.39, 0.29) is 12.5 Å². The molecule has 7 heteroatoms. The van der Waals surface area contributed by atoms with E-state index in [1.165, 1.54) is 0 Å². The quantitative estimate of drug-likeness (QED) is 0.609. The topological polar surface area (TPSA) is 92.6 Å². The van der Waals surface area contributed by atoms with Gasteiger partial charge < -0.3 is 25.1 Å². The number of benzene rings is 1. The van der Waals surface area contributed by atoms with Crippen molar-refractivity contribution in [3.05, 3.63) is 54.0 Å². The van der Waals surface area contributed by atoms with Gasteiger partial charge in [-0.2, -0.15) is 0 Å². The highest BCUT2D eigenvalue weighted by Gasteiger charge is 2.05. The lowest BCUT2D eigenvalue weighted by Gasteiger charge is -2.09. The second-order valence-corrected chi connectivity index (χ2v) is 5.51. The Balaban J connectivity index is 1.51. The van der Waals surface area contributed by atoms with Gasteiger partial charge in [-0.1, -0.05) is 12.1 Å². The lowest BCUT2D eigenvalue weighted by atomic mass is 10.2. The molecule has 134 valence electrons. The van der Waals surface area contributed by atoms with Crippen LogP contribution in [0.25, 0.3) is 0 Å². The number of hydrogen-bond donors (Lipinski definition) is 3. The highest BCUT2D eigenvalue weighted by Crippen LogP contribution is 2.08. The molecule has 3 N–H and O–H groups in total. The highest BCUT2D eigenvalue weighted by molar-refractivity contribution is 5.92. The van der Waals surface area contributed by atoms with Gasteiger partial charge in [-0.05, 0) is 43.2 Å². The van der Waals surface area contributed by atoms with Crippen LogP contribution in [0.15, 0.2) is 47.1 Å². The summed E-state index contributed by atoms with van der Waals surface area (Å²) in [6.07, 6.45) is 2.28. The zero-order valence-electron chi connectivity index (χ0n) is 14.2. The normalized spacial score (nSPS) is 10.3. The molecule has 25 heavy (non-hydrogen) atoms. The molecule has 1 heterocycles. The summed E-state index contributed by atoms with van der Waals surface area (Å²) in [5.41, 5.74) is 1.73. The van der Waals surface area contributed by atoms with Gasteiger partial charge in [0.2, 0.25) is 5.91 Å². The Bertz CT molecular complexity index is 671. The van der Waals surface area contributed by atoms with Gasteiger partial charge in [-0.15, -0.1) is 0 Å². The van der Waals surface area contributed by atoms with Gasteiger partial charge in [0.15, 0.2) is 0 Å². The summed E-state index contributed by atoms with van der Waals surface area (Å²) in [5, 5.41) is 7.91. The highest BCUT2D eigenvalue weighted by atomic mass is 16.5. The number of ether oxygens (including phenoxy) is 1. The molecule has 0 aliphatic carbocycles. The Labute approximate surface area is 146 Å². The number of furan rings is 1. The SMILES string of the molecule is Cc1cccc(NC(=O)NCC(=O)NCCCOCc2ccco2)c1. The molecule has 0 aliphatic rings. The number of rotatable bonds is 9. The maximum absolute atomic E-state index is 11.7. The van der Waals surface area contributed by atoms with E-state index in [0.717, 1.165) is 11.3 Å². The Hall–Kier alpha value is -2.80. The van der Waals surface area contributed by atoms with E-state index in [0.29, 0.717) is 31.9 Å². The Morgan fingerprint density at radius 3 is 2.80 bits per heavy atom. The average Bonchev–Trinajstić information content (AvgIpc) is 3.09. The van der Waals surface area contributed by atoms with E-state index in [2.05, 4.69) is 16.0 Å². The minimum atomic E-state index is -0.414. The fourth-order valence-electron chi connectivity index (χ4n) is 2.09. The number of anilines is 1. The van der Waals surface area contributed by atoms with Gasteiger partial charge in [0.05, 0.1) is 12.8 Å². The number of nitrogens with one attached hydrogen (secondary N) is 3. The van der Waals surface area contributed by atoms with Crippen LogP contribution < -0.4 is 16.0 Å². The molecule has 0 unspecified atom stereocenters.